The average molecular weight is 390 g/mol. The third-order valence-corrected chi connectivity index (χ3v) is 4.40. The van der Waals surface area contributed by atoms with Crippen LogP contribution in [-0.2, 0) is 6.42 Å². The number of nitro groups is 1. The van der Waals surface area contributed by atoms with Gasteiger partial charge in [-0.25, -0.2) is 0 Å². The number of carbonyl (C=O) groups is 2. The molecule has 0 aliphatic carbocycles. The van der Waals surface area contributed by atoms with Gasteiger partial charge < -0.3 is 10.4 Å². The molecule has 3 rings (SSSR count). The molecule has 3 aromatic rings. The van der Waals surface area contributed by atoms with Crippen molar-refractivity contribution < 1.29 is 19.6 Å². The first-order chi connectivity index (χ1) is 13.9. The Morgan fingerprint density at radius 1 is 0.897 bits per heavy atom. The molecule has 1 atom stereocenters. The first-order valence-corrected chi connectivity index (χ1v) is 8.86. The van der Waals surface area contributed by atoms with Crippen molar-refractivity contribution >= 4 is 17.4 Å². The number of ketones is 1. The zero-order chi connectivity index (χ0) is 20.8. The van der Waals surface area contributed by atoms with Crippen molar-refractivity contribution in [3.8, 4) is 5.75 Å². The summed E-state index contributed by atoms with van der Waals surface area (Å²) in [6, 6.07) is 19.2. The average Bonchev–Trinajstić information content (AvgIpc) is 2.75. The lowest BCUT2D eigenvalue weighted by atomic mass is 9.97. The molecule has 0 spiro atoms. The number of carbonyl (C=O) groups excluding carboxylic acids is 2. The van der Waals surface area contributed by atoms with E-state index in [2.05, 4.69) is 5.32 Å². The molecule has 0 fully saturated rings. The van der Waals surface area contributed by atoms with Crippen molar-refractivity contribution in [1.82, 2.24) is 5.32 Å². The molecule has 146 valence electrons. The summed E-state index contributed by atoms with van der Waals surface area (Å²) < 4.78 is 0. The van der Waals surface area contributed by atoms with Crippen molar-refractivity contribution in [2.45, 2.75) is 12.5 Å². The minimum absolute atomic E-state index is 0.0975. The summed E-state index contributed by atoms with van der Waals surface area (Å²) in [4.78, 5) is 35.9. The van der Waals surface area contributed by atoms with Gasteiger partial charge in [0.05, 0.1) is 11.0 Å². The molecule has 3 aromatic carbocycles. The quantitative estimate of drug-likeness (QED) is 0.364. The number of phenolic OH excluding ortho intramolecular Hbond substituents is 1. The van der Waals surface area contributed by atoms with Gasteiger partial charge in [0.15, 0.2) is 5.78 Å². The Kier molecular flexibility index (Phi) is 5.99. The van der Waals surface area contributed by atoms with Crippen LogP contribution in [0.15, 0.2) is 78.9 Å². The van der Waals surface area contributed by atoms with Gasteiger partial charge in [-0.05, 0) is 42.0 Å². The Labute approximate surface area is 166 Å². The van der Waals surface area contributed by atoms with E-state index in [9.17, 15) is 24.8 Å². The number of hydrogen-bond acceptors (Lipinski definition) is 5. The van der Waals surface area contributed by atoms with Crippen LogP contribution in [0.2, 0.25) is 0 Å². The largest absolute Gasteiger partial charge is 0.508 e. The zero-order valence-electron chi connectivity index (χ0n) is 15.3. The van der Waals surface area contributed by atoms with E-state index in [0.29, 0.717) is 5.56 Å². The van der Waals surface area contributed by atoms with Crippen LogP contribution in [0, 0.1) is 10.1 Å². The highest BCUT2D eigenvalue weighted by molar-refractivity contribution is 6.04. The van der Waals surface area contributed by atoms with Gasteiger partial charge in [0.1, 0.15) is 5.75 Å². The Balaban J connectivity index is 1.86. The molecule has 0 heterocycles. The lowest BCUT2D eigenvalue weighted by molar-refractivity contribution is -0.384. The maximum Gasteiger partial charge on any atom is 0.269 e. The van der Waals surface area contributed by atoms with Gasteiger partial charge in [0.25, 0.3) is 11.6 Å². The van der Waals surface area contributed by atoms with E-state index in [0.717, 1.165) is 5.56 Å². The van der Waals surface area contributed by atoms with E-state index < -0.39 is 16.9 Å². The number of benzene rings is 3. The predicted molar refractivity (Wildman–Crippen MR) is 107 cm³/mol. The summed E-state index contributed by atoms with van der Waals surface area (Å²) in [6.45, 7) is 0. The molecule has 0 saturated heterocycles. The minimum Gasteiger partial charge on any atom is -0.508 e. The Hall–Kier alpha value is -4.00. The molecule has 29 heavy (non-hydrogen) atoms. The molecule has 0 bridgehead atoms. The van der Waals surface area contributed by atoms with Gasteiger partial charge in [0.2, 0.25) is 0 Å². The standard InChI is InChI=1S/C22H18N2O5/c25-19-12-6-15(7-13-19)14-20(23-22(27)17-4-2-1-3-5-17)21(26)16-8-10-18(11-9-16)24(28)29/h1-13,20,25H,14H2,(H,23,27)/t20-/m0/s1. The fourth-order valence-corrected chi connectivity index (χ4v) is 2.86. The second kappa shape index (κ2) is 8.79. The summed E-state index contributed by atoms with van der Waals surface area (Å²) >= 11 is 0. The Morgan fingerprint density at radius 2 is 1.52 bits per heavy atom. The molecule has 0 aliphatic heterocycles. The number of nitrogens with zero attached hydrogens (tertiary/aromatic N) is 1. The van der Waals surface area contributed by atoms with Crippen LogP contribution in [0.1, 0.15) is 26.3 Å². The number of nitrogens with one attached hydrogen (secondary N) is 1. The summed E-state index contributed by atoms with van der Waals surface area (Å²) in [7, 11) is 0. The normalized spacial score (nSPS) is 11.4. The van der Waals surface area contributed by atoms with Gasteiger partial charge in [-0.1, -0.05) is 30.3 Å². The zero-order valence-corrected chi connectivity index (χ0v) is 15.3. The number of amides is 1. The van der Waals surface area contributed by atoms with E-state index in [1.807, 2.05) is 0 Å². The number of hydrogen-bond donors (Lipinski definition) is 2. The monoisotopic (exact) mass is 390 g/mol. The number of nitro benzene ring substituents is 1. The molecule has 1 amide bonds. The Bertz CT molecular complexity index is 1020. The topological polar surface area (TPSA) is 110 Å². The van der Waals surface area contributed by atoms with Crippen molar-refractivity contribution in [3.05, 3.63) is 106 Å². The van der Waals surface area contributed by atoms with Gasteiger partial charge in [-0.2, -0.15) is 0 Å². The third kappa shape index (κ3) is 5.04. The molecule has 0 aromatic heterocycles. The van der Waals surface area contributed by atoms with Crippen LogP contribution < -0.4 is 5.32 Å². The molecule has 0 radical (unpaired) electrons. The van der Waals surface area contributed by atoms with Crippen molar-refractivity contribution in [2.24, 2.45) is 0 Å². The molecule has 0 saturated carbocycles. The summed E-state index contributed by atoms with van der Waals surface area (Å²) in [6.07, 6.45) is 0.203. The highest BCUT2D eigenvalue weighted by Gasteiger charge is 2.24. The molecule has 0 aliphatic rings. The van der Waals surface area contributed by atoms with Gasteiger partial charge in [-0.3, -0.25) is 19.7 Å². The first-order valence-electron chi connectivity index (χ1n) is 8.86. The second-order valence-electron chi connectivity index (χ2n) is 6.43. The smallest absolute Gasteiger partial charge is 0.269 e. The fraction of sp³-hybridized carbons (Fsp3) is 0.0909. The van der Waals surface area contributed by atoms with Crippen LogP contribution in [0.4, 0.5) is 5.69 Å². The molecular formula is C22H18N2O5. The van der Waals surface area contributed by atoms with E-state index >= 15 is 0 Å². The maximum atomic E-state index is 13.0. The van der Waals surface area contributed by atoms with Crippen LogP contribution in [-0.4, -0.2) is 27.8 Å². The van der Waals surface area contributed by atoms with Crippen LogP contribution in [0.25, 0.3) is 0 Å². The van der Waals surface area contributed by atoms with Crippen molar-refractivity contribution in [3.63, 3.8) is 0 Å². The SMILES string of the molecule is O=C(N[C@@H](Cc1ccc(O)cc1)C(=O)c1ccc([N+](=O)[O-])cc1)c1ccccc1. The summed E-state index contributed by atoms with van der Waals surface area (Å²) in [5.74, 6) is -0.665. The molecule has 7 nitrogen and oxygen atoms in total. The second-order valence-corrected chi connectivity index (χ2v) is 6.43. The summed E-state index contributed by atoms with van der Waals surface area (Å²) in [5, 5.41) is 23.0. The number of rotatable bonds is 7. The summed E-state index contributed by atoms with van der Waals surface area (Å²) in [5.41, 5.74) is 1.30. The van der Waals surface area contributed by atoms with Crippen LogP contribution in [0.3, 0.4) is 0 Å². The van der Waals surface area contributed by atoms with E-state index in [1.54, 1.807) is 42.5 Å². The maximum absolute atomic E-state index is 13.0. The van der Waals surface area contributed by atoms with Crippen molar-refractivity contribution in [1.29, 1.82) is 0 Å². The van der Waals surface area contributed by atoms with E-state index in [1.165, 1.54) is 36.4 Å². The lowest BCUT2D eigenvalue weighted by Crippen LogP contribution is -2.42. The van der Waals surface area contributed by atoms with Crippen LogP contribution in [0.5, 0.6) is 5.75 Å². The minimum atomic E-state index is -0.881. The highest BCUT2D eigenvalue weighted by Crippen LogP contribution is 2.17. The number of non-ortho nitro benzene ring substituents is 1. The number of Topliss-reactive ketones (excluding diaryl/α,β-unsaturated/α-hetero) is 1. The fourth-order valence-electron chi connectivity index (χ4n) is 2.86. The van der Waals surface area contributed by atoms with Crippen LogP contribution >= 0.6 is 0 Å². The number of aromatic hydroxyl groups is 1. The molecular weight excluding hydrogens is 372 g/mol. The van der Waals surface area contributed by atoms with Gasteiger partial charge in [0, 0.05) is 29.7 Å². The van der Waals surface area contributed by atoms with Crippen molar-refractivity contribution in [2.75, 3.05) is 0 Å². The molecule has 0 unspecified atom stereocenters. The highest BCUT2D eigenvalue weighted by atomic mass is 16.6. The Morgan fingerprint density at radius 3 is 2.10 bits per heavy atom. The predicted octanol–water partition coefficient (Wildman–Crippen LogP) is 3.52. The van der Waals surface area contributed by atoms with Gasteiger partial charge in [-0.15, -0.1) is 0 Å². The van der Waals surface area contributed by atoms with Gasteiger partial charge >= 0.3 is 0 Å². The molecule has 2 N–H and O–H groups in total. The van der Waals surface area contributed by atoms with E-state index in [-0.39, 0.29) is 29.2 Å². The third-order valence-electron chi connectivity index (χ3n) is 4.40. The number of phenols is 1. The first kappa shape index (κ1) is 19.8. The molecule has 7 heteroatoms. The lowest BCUT2D eigenvalue weighted by Gasteiger charge is -2.18. The van der Waals surface area contributed by atoms with E-state index in [4.69, 9.17) is 0 Å².